The van der Waals surface area contributed by atoms with Crippen LogP contribution in [0.4, 0.5) is 0 Å². The van der Waals surface area contributed by atoms with Crippen LogP contribution in [0.2, 0.25) is 0 Å². The fourth-order valence-corrected chi connectivity index (χ4v) is 2.88. The molecule has 0 unspecified atom stereocenters. The molecule has 0 radical (unpaired) electrons. The van der Waals surface area contributed by atoms with E-state index in [4.69, 9.17) is 0 Å². The summed E-state index contributed by atoms with van der Waals surface area (Å²) < 4.78 is 0. The first-order valence-electron chi connectivity index (χ1n) is 8.35. The highest BCUT2D eigenvalue weighted by molar-refractivity contribution is 5.95. The lowest BCUT2D eigenvalue weighted by atomic mass is 10.1. The lowest BCUT2D eigenvalue weighted by Crippen LogP contribution is -2.37. The summed E-state index contributed by atoms with van der Waals surface area (Å²) in [6.07, 6.45) is 0. The van der Waals surface area contributed by atoms with Crippen molar-refractivity contribution in [2.45, 2.75) is 33.4 Å². The number of carbonyl (C=O) groups excluding carboxylic acids is 1. The number of nitrogens with one attached hydrogen (secondary N) is 2. The van der Waals surface area contributed by atoms with Gasteiger partial charge in [-0.05, 0) is 38.0 Å². The van der Waals surface area contributed by atoms with Crippen molar-refractivity contribution in [1.82, 2.24) is 19.9 Å². The summed E-state index contributed by atoms with van der Waals surface area (Å²) in [5.41, 5.74) is 0.740. The van der Waals surface area contributed by atoms with Crippen LogP contribution in [-0.4, -0.2) is 31.8 Å². The Kier molecular flexibility index (Phi) is 4.71. The van der Waals surface area contributed by atoms with Gasteiger partial charge in [0.1, 0.15) is 11.3 Å². The molecule has 0 spiro atoms. The summed E-state index contributed by atoms with van der Waals surface area (Å²) in [5.74, 6) is -0.255. The number of aromatic amines is 2. The Bertz CT molecular complexity index is 1070. The van der Waals surface area contributed by atoms with Gasteiger partial charge in [-0.2, -0.15) is 0 Å². The van der Waals surface area contributed by atoms with Crippen LogP contribution >= 0.6 is 0 Å². The first kappa shape index (κ1) is 17.6. The number of carbonyl (C=O) groups is 1. The molecule has 134 valence electrons. The average molecular weight is 352 g/mol. The molecule has 2 N–H and O–H groups in total. The zero-order chi connectivity index (χ0) is 18.8. The maximum absolute atomic E-state index is 13.0. The Balaban J connectivity index is 2.04. The van der Waals surface area contributed by atoms with Crippen molar-refractivity contribution < 1.29 is 4.79 Å². The van der Waals surface area contributed by atoms with Crippen LogP contribution in [0, 0.1) is 6.92 Å². The lowest BCUT2D eigenvalue weighted by molar-refractivity contribution is 0.0684. The van der Waals surface area contributed by atoms with E-state index in [0.29, 0.717) is 12.1 Å². The zero-order valence-electron chi connectivity index (χ0n) is 14.9. The summed E-state index contributed by atoms with van der Waals surface area (Å²) in [4.78, 5) is 47.2. The van der Waals surface area contributed by atoms with Crippen molar-refractivity contribution in [3.63, 3.8) is 0 Å². The van der Waals surface area contributed by atoms with E-state index in [1.165, 1.54) is 0 Å². The minimum Gasteiger partial charge on any atom is -0.331 e. The van der Waals surface area contributed by atoms with Gasteiger partial charge in [-0.3, -0.25) is 19.6 Å². The number of hydrogen-bond donors (Lipinski definition) is 2. The number of aryl methyl sites for hydroxylation is 1. The molecule has 0 saturated heterocycles. The predicted molar refractivity (Wildman–Crippen MR) is 99.2 cm³/mol. The molecule has 7 nitrogen and oxygen atoms in total. The summed E-state index contributed by atoms with van der Waals surface area (Å²) in [7, 11) is 0. The first-order valence-corrected chi connectivity index (χ1v) is 8.35. The quantitative estimate of drug-likeness (QED) is 0.750. The van der Waals surface area contributed by atoms with Gasteiger partial charge in [-0.1, -0.05) is 30.3 Å². The molecule has 0 aliphatic heterocycles. The topological polar surface area (TPSA) is 98.9 Å². The Morgan fingerprint density at radius 1 is 1.15 bits per heavy atom. The van der Waals surface area contributed by atoms with E-state index in [-0.39, 0.29) is 28.7 Å². The molecule has 2 heterocycles. The second-order valence-electron chi connectivity index (χ2n) is 6.47. The lowest BCUT2D eigenvalue weighted by Gasteiger charge is -2.26. The van der Waals surface area contributed by atoms with Crippen LogP contribution in [0.5, 0.6) is 0 Å². The number of pyridine rings is 1. The fraction of sp³-hybridized carbons (Fsp3) is 0.263. The van der Waals surface area contributed by atoms with Crippen molar-refractivity contribution in [3.05, 3.63) is 74.1 Å². The van der Waals surface area contributed by atoms with Crippen LogP contribution in [0.15, 0.2) is 46.0 Å². The van der Waals surface area contributed by atoms with Gasteiger partial charge in [0, 0.05) is 12.6 Å². The summed E-state index contributed by atoms with van der Waals surface area (Å²) >= 11 is 0. The van der Waals surface area contributed by atoms with Gasteiger partial charge in [0.2, 0.25) is 0 Å². The van der Waals surface area contributed by atoms with Crippen molar-refractivity contribution in [2.24, 2.45) is 0 Å². The van der Waals surface area contributed by atoms with E-state index in [1.807, 2.05) is 44.2 Å². The molecule has 0 aliphatic rings. The number of amides is 1. The van der Waals surface area contributed by atoms with Gasteiger partial charge in [-0.15, -0.1) is 0 Å². The highest BCUT2D eigenvalue weighted by atomic mass is 16.2. The Hall–Kier alpha value is -3.22. The molecular formula is C19H20N4O3. The standard InChI is InChI=1S/C19H20N4O3/c1-11(2)23(10-13-7-5-4-6-8-13)18(25)14-9-12(3)15-16(20-14)21-19(26)22-17(15)24/h4-9,11H,10H2,1-3H3,(H2,20,21,22,24,26). The van der Waals surface area contributed by atoms with E-state index >= 15 is 0 Å². The number of hydrogen-bond acceptors (Lipinski definition) is 4. The van der Waals surface area contributed by atoms with E-state index in [9.17, 15) is 14.4 Å². The fourth-order valence-electron chi connectivity index (χ4n) is 2.88. The molecule has 0 aliphatic carbocycles. The van der Waals surface area contributed by atoms with Crippen molar-refractivity contribution >= 4 is 16.9 Å². The van der Waals surface area contributed by atoms with Crippen LogP contribution < -0.4 is 11.2 Å². The van der Waals surface area contributed by atoms with E-state index in [0.717, 1.165) is 5.56 Å². The number of nitrogens with zero attached hydrogens (tertiary/aromatic N) is 2. The largest absolute Gasteiger partial charge is 0.331 e. The monoisotopic (exact) mass is 352 g/mol. The minimum atomic E-state index is -0.649. The minimum absolute atomic E-state index is 0.0428. The molecule has 0 fully saturated rings. The highest BCUT2D eigenvalue weighted by Crippen LogP contribution is 2.16. The highest BCUT2D eigenvalue weighted by Gasteiger charge is 2.22. The number of fused-ring (bicyclic) bond motifs is 1. The molecule has 7 heteroatoms. The van der Waals surface area contributed by atoms with Crippen LogP contribution in [0.1, 0.15) is 35.5 Å². The SMILES string of the molecule is Cc1cc(C(=O)N(Cc2ccccc2)C(C)C)nc2[nH]c(=O)[nH]c(=O)c12. The molecule has 1 amide bonds. The number of rotatable bonds is 4. The average Bonchev–Trinajstić information content (AvgIpc) is 2.58. The van der Waals surface area contributed by atoms with E-state index < -0.39 is 11.2 Å². The molecule has 3 rings (SSSR count). The maximum atomic E-state index is 13.0. The zero-order valence-corrected chi connectivity index (χ0v) is 14.9. The molecule has 26 heavy (non-hydrogen) atoms. The van der Waals surface area contributed by atoms with Gasteiger partial charge < -0.3 is 4.90 Å². The van der Waals surface area contributed by atoms with E-state index in [2.05, 4.69) is 15.0 Å². The third-order valence-electron chi connectivity index (χ3n) is 4.20. The summed E-state index contributed by atoms with van der Waals surface area (Å²) in [6.45, 7) is 6.02. The summed E-state index contributed by atoms with van der Waals surface area (Å²) in [5, 5.41) is 0.278. The smallest absolute Gasteiger partial charge is 0.327 e. The van der Waals surface area contributed by atoms with Gasteiger partial charge in [0.25, 0.3) is 11.5 Å². The van der Waals surface area contributed by atoms with Crippen molar-refractivity contribution in [3.8, 4) is 0 Å². The number of benzene rings is 1. The maximum Gasteiger partial charge on any atom is 0.327 e. The van der Waals surface area contributed by atoms with Crippen LogP contribution in [-0.2, 0) is 6.54 Å². The molecule has 3 aromatic rings. The molecule has 0 atom stereocenters. The Labute approximate surface area is 149 Å². The second kappa shape index (κ2) is 6.95. The van der Waals surface area contributed by atoms with Crippen molar-refractivity contribution in [1.29, 1.82) is 0 Å². The normalized spacial score (nSPS) is 11.1. The Morgan fingerprint density at radius 2 is 1.85 bits per heavy atom. The van der Waals surface area contributed by atoms with Gasteiger partial charge in [-0.25, -0.2) is 9.78 Å². The second-order valence-corrected chi connectivity index (χ2v) is 6.47. The molecule has 2 aromatic heterocycles. The third kappa shape index (κ3) is 3.42. The number of aromatic nitrogens is 3. The predicted octanol–water partition coefficient (Wildman–Crippen LogP) is 1.97. The molecule has 0 bridgehead atoms. The number of H-pyrrole nitrogens is 2. The van der Waals surface area contributed by atoms with Crippen molar-refractivity contribution in [2.75, 3.05) is 0 Å². The van der Waals surface area contributed by atoms with Gasteiger partial charge in [0.15, 0.2) is 0 Å². The molecule has 0 saturated carbocycles. The molecular weight excluding hydrogens is 332 g/mol. The Morgan fingerprint density at radius 3 is 2.50 bits per heavy atom. The van der Waals surface area contributed by atoms with Crippen LogP contribution in [0.25, 0.3) is 11.0 Å². The van der Waals surface area contributed by atoms with Crippen LogP contribution in [0.3, 0.4) is 0 Å². The van der Waals surface area contributed by atoms with Gasteiger partial charge in [0.05, 0.1) is 5.39 Å². The van der Waals surface area contributed by atoms with Gasteiger partial charge >= 0.3 is 5.69 Å². The van der Waals surface area contributed by atoms with E-state index in [1.54, 1.807) is 17.9 Å². The molecule has 1 aromatic carbocycles. The third-order valence-corrected chi connectivity index (χ3v) is 4.20. The summed E-state index contributed by atoms with van der Waals surface area (Å²) in [6, 6.07) is 11.2. The first-order chi connectivity index (χ1) is 12.4.